The number of nitrogens with zero attached hydrogens (tertiary/aromatic N) is 2. The van der Waals surface area contributed by atoms with Gasteiger partial charge in [-0.2, -0.15) is 5.10 Å². The van der Waals surface area contributed by atoms with Crippen LogP contribution in [0.2, 0.25) is 0 Å². The summed E-state index contributed by atoms with van der Waals surface area (Å²) in [4.78, 5) is 25.1. The van der Waals surface area contributed by atoms with Crippen molar-refractivity contribution in [2.24, 2.45) is 0 Å². The lowest BCUT2D eigenvalue weighted by atomic mass is 10.1. The second-order valence-electron chi connectivity index (χ2n) is 6.68. The third-order valence-corrected chi connectivity index (χ3v) is 4.62. The summed E-state index contributed by atoms with van der Waals surface area (Å²) in [5.74, 6) is 0.0672. The maximum absolute atomic E-state index is 13.0. The Hall–Kier alpha value is -3.81. The number of aromatic nitrogens is 2. The molecule has 0 unspecified atom stereocenters. The molecule has 1 atom stereocenters. The Kier molecular flexibility index (Phi) is 6.92. The van der Waals surface area contributed by atoms with Gasteiger partial charge >= 0.3 is 5.97 Å². The number of hydrogen-bond donors (Lipinski definition) is 1. The summed E-state index contributed by atoms with van der Waals surface area (Å²) < 4.78 is 17.8. The van der Waals surface area contributed by atoms with Gasteiger partial charge in [0.25, 0.3) is 5.91 Å². The minimum atomic E-state index is -0.951. The third-order valence-electron chi connectivity index (χ3n) is 4.62. The molecule has 0 fully saturated rings. The molecule has 162 valence electrons. The number of nitrogens with one attached hydrogen (secondary N) is 1. The van der Waals surface area contributed by atoms with E-state index in [1.165, 1.54) is 14.0 Å². The standard InChI is InChI=1S/C23H25N3O5/c1-5-24-22(27)15(2)31-23(28)19-14-26(16-9-7-6-8-10-16)25-21(19)18-13-17(29-3)11-12-20(18)30-4/h6-15H,5H2,1-4H3,(H,24,27)/t15-/m0/s1. The van der Waals surface area contributed by atoms with E-state index in [1.54, 1.807) is 43.1 Å². The van der Waals surface area contributed by atoms with Crippen LogP contribution in [0.5, 0.6) is 11.5 Å². The van der Waals surface area contributed by atoms with Crippen molar-refractivity contribution < 1.29 is 23.8 Å². The van der Waals surface area contributed by atoms with Crippen molar-refractivity contribution in [3.63, 3.8) is 0 Å². The molecule has 0 radical (unpaired) electrons. The fourth-order valence-electron chi connectivity index (χ4n) is 3.03. The van der Waals surface area contributed by atoms with Gasteiger partial charge in [0.15, 0.2) is 6.10 Å². The van der Waals surface area contributed by atoms with Gasteiger partial charge < -0.3 is 19.5 Å². The molecule has 3 rings (SSSR count). The van der Waals surface area contributed by atoms with Crippen molar-refractivity contribution >= 4 is 11.9 Å². The monoisotopic (exact) mass is 423 g/mol. The van der Waals surface area contributed by atoms with Crippen molar-refractivity contribution in [2.45, 2.75) is 20.0 Å². The predicted octanol–water partition coefficient (Wildman–Crippen LogP) is 3.24. The van der Waals surface area contributed by atoms with Gasteiger partial charge in [-0.05, 0) is 44.2 Å². The van der Waals surface area contributed by atoms with E-state index < -0.39 is 12.1 Å². The van der Waals surface area contributed by atoms with Crippen molar-refractivity contribution in [3.05, 3.63) is 60.3 Å². The molecule has 0 spiro atoms. The first-order chi connectivity index (χ1) is 15.0. The second-order valence-corrected chi connectivity index (χ2v) is 6.68. The average Bonchev–Trinajstić information content (AvgIpc) is 3.25. The van der Waals surface area contributed by atoms with Gasteiger partial charge in [-0.3, -0.25) is 4.79 Å². The van der Waals surface area contributed by atoms with Crippen LogP contribution >= 0.6 is 0 Å². The highest BCUT2D eigenvalue weighted by Crippen LogP contribution is 2.35. The van der Waals surface area contributed by atoms with Gasteiger partial charge in [0.05, 0.1) is 19.9 Å². The zero-order chi connectivity index (χ0) is 22.4. The highest BCUT2D eigenvalue weighted by Gasteiger charge is 2.26. The van der Waals surface area contributed by atoms with Crippen LogP contribution in [0.25, 0.3) is 16.9 Å². The first-order valence-corrected chi connectivity index (χ1v) is 9.84. The third kappa shape index (κ3) is 4.85. The summed E-state index contributed by atoms with van der Waals surface area (Å²) in [5.41, 5.74) is 1.88. The molecular formula is C23H25N3O5. The molecule has 31 heavy (non-hydrogen) atoms. The molecule has 1 amide bonds. The summed E-state index contributed by atoms with van der Waals surface area (Å²) in [6.07, 6.45) is 0.628. The van der Waals surface area contributed by atoms with Crippen LogP contribution in [0.4, 0.5) is 0 Å². The van der Waals surface area contributed by atoms with Crippen LogP contribution in [0, 0.1) is 0 Å². The minimum Gasteiger partial charge on any atom is -0.497 e. The number of carbonyl (C=O) groups excluding carboxylic acids is 2. The summed E-state index contributed by atoms with van der Waals surface area (Å²) >= 11 is 0. The quantitative estimate of drug-likeness (QED) is 0.560. The summed E-state index contributed by atoms with van der Waals surface area (Å²) in [5, 5.41) is 7.26. The number of para-hydroxylation sites is 1. The van der Waals surface area contributed by atoms with Gasteiger partial charge in [-0.25, -0.2) is 9.48 Å². The van der Waals surface area contributed by atoms with Crippen molar-refractivity contribution in [2.75, 3.05) is 20.8 Å². The molecule has 2 aromatic carbocycles. The Bertz CT molecular complexity index is 1060. The molecule has 0 aliphatic carbocycles. The molecule has 1 N–H and O–H groups in total. The average molecular weight is 423 g/mol. The van der Waals surface area contributed by atoms with Crippen molar-refractivity contribution in [3.8, 4) is 28.4 Å². The lowest BCUT2D eigenvalue weighted by molar-refractivity contribution is -0.128. The van der Waals surface area contributed by atoms with Crippen LogP contribution in [0.15, 0.2) is 54.7 Å². The predicted molar refractivity (Wildman–Crippen MR) is 116 cm³/mol. The maximum Gasteiger partial charge on any atom is 0.342 e. The van der Waals surface area contributed by atoms with E-state index in [1.807, 2.05) is 30.3 Å². The van der Waals surface area contributed by atoms with E-state index in [0.717, 1.165) is 5.69 Å². The molecule has 0 saturated heterocycles. The second kappa shape index (κ2) is 9.80. The molecular weight excluding hydrogens is 398 g/mol. The highest BCUT2D eigenvalue weighted by molar-refractivity contribution is 5.98. The minimum absolute atomic E-state index is 0.201. The van der Waals surface area contributed by atoms with Gasteiger partial charge in [-0.1, -0.05) is 18.2 Å². The Balaban J connectivity index is 2.09. The zero-order valence-electron chi connectivity index (χ0n) is 17.9. The Morgan fingerprint density at radius 2 is 1.84 bits per heavy atom. The van der Waals surface area contributed by atoms with E-state index in [0.29, 0.717) is 29.3 Å². The molecule has 3 aromatic rings. The van der Waals surface area contributed by atoms with E-state index in [9.17, 15) is 9.59 Å². The van der Waals surface area contributed by atoms with Gasteiger partial charge in [0.1, 0.15) is 22.8 Å². The largest absolute Gasteiger partial charge is 0.497 e. The molecule has 8 nitrogen and oxygen atoms in total. The number of esters is 1. The normalized spacial score (nSPS) is 11.5. The van der Waals surface area contributed by atoms with E-state index in [-0.39, 0.29) is 11.5 Å². The zero-order valence-corrected chi connectivity index (χ0v) is 17.9. The smallest absolute Gasteiger partial charge is 0.342 e. The van der Waals surface area contributed by atoms with Gasteiger partial charge in [0.2, 0.25) is 0 Å². The lowest BCUT2D eigenvalue weighted by Gasteiger charge is -2.13. The Morgan fingerprint density at radius 3 is 2.48 bits per heavy atom. The fourth-order valence-corrected chi connectivity index (χ4v) is 3.03. The number of hydrogen-bond acceptors (Lipinski definition) is 6. The van der Waals surface area contributed by atoms with E-state index >= 15 is 0 Å². The SMILES string of the molecule is CCNC(=O)[C@H](C)OC(=O)c1cn(-c2ccccc2)nc1-c1cc(OC)ccc1OC. The highest BCUT2D eigenvalue weighted by atomic mass is 16.5. The molecule has 1 aromatic heterocycles. The number of methoxy groups -OCH3 is 2. The number of ether oxygens (including phenoxy) is 3. The van der Waals surface area contributed by atoms with E-state index in [4.69, 9.17) is 14.2 Å². The lowest BCUT2D eigenvalue weighted by Crippen LogP contribution is -2.35. The molecule has 0 bridgehead atoms. The van der Waals surface area contributed by atoms with E-state index in [2.05, 4.69) is 10.4 Å². The van der Waals surface area contributed by atoms with Gasteiger partial charge in [-0.15, -0.1) is 0 Å². The summed E-state index contributed by atoms with van der Waals surface area (Å²) in [7, 11) is 3.09. The molecule has 0 aliphatic rings. The Labute approximate surface area is 180 Å². The first kappa shape index (κ1) is 21.9. The molecule has 0 saturated carbocycles. The Morgan fingerprint density at radius 1 is 1.10 bits per heavy atom. The number of benzene rings is 2. The van der Waals surface area contributed by atoms with Crippen LogP contribution in [-0.4, -0.2) is 48.5 Å². The first-order valence-electron chi connectivity index (χ1n) is 9.84. The van der Waals surface area contributed by atoms with Crippen LogP contribution in [0.1, 0.15) is 24.2 Å². The van der Waals surface area contributed by atoms with Crippen LogP contribution in [0.3, 0.4) is 0 Å². The fraction of sp³-hybridized carbons (Fsp3) is 0.261. The maximum atomic E-state index is 13.0. The van der Waals surface area contributed by atoms with Crippen molar-refractivity contribution in [1.29, 1.82) is 0 Å². The summed E-state index contributed by atoms with van der Waals surface area (Å²) in [6.45, 7) is 3.76. The van der Waals surface area contributed by atoms with Gasteiger partial charge in [0, 0.05) is 18.3 Å². The topological polar surface area (TPSA) is 91.7 Å². The van der Waals surface area contributed by atoms with Crippen LogP contribution < -0.4 is 14.8 Å². The summed E-state index contributed by atoms with van der Waals surface area (Å²) in [6, 6.07) is 14.6. The molecule has 1 heterocycles. The molecule has 0 aliphatic heterocycles. The number of rotatable bonds is 8. The van der Waals surface area contributed by atoms with Crippen LogP contribution in [-0.2, 0) is 9.53 Å². The number of carbonyl (C=O) groups is 2. The number of amides is 1. The number of likely N-dealkylation sites (N-methyl/N-ethyl adjacent to an activating group) is 1. The molecule has 8 heteroatoms. The van der Waals surface area contributed by atoms with Crippen molar-refractivity contribution in [1.82, 2.24) is 15.1 Å².